The van der Waals surface area contributed by atoms with E-state index in [1.807, 2.05) is 54.6 Å². The molecule has 10 heteroatoms. The summed E-state index contributed by atoms with van der Waals surface area (Å²) in [6.07, 6.45) is 0. The molecule has 33 heavy (non-hydrogen) atoms. The van der Waals surface area contributed by atoms with E-state index < -0.39 is 0 Å². The van der Waals surface area contributed by atoms with Gasteiger partial charge in [-0.2, -0.15) is 15.0 Å². The van der Waals surface area contributed by atoms with Crippen LogP contribution in [0.15, 0.2) is 54.6 Å². The van der Waals surface area contributed by atoms with Crippen molar-refractivity contribution < 1.29 is 18.9 Å². The molecule has 0 saturated heterocycles. The number of anilines is 2. The van der Waals surface area contributed by atoms with Gasteiger partial charge in [0.25, 0.3) is 0 Å². The molecule has 0 aliphatic carbocycles. The first-order valence-corrected chi connectivity index (χ1v) is 10.7. The summed E-state index contributed by atoms with van der Waals surface area (Å²) in [4.78, 5) is 13.2. The Bertz CT molecular complexity index is 961. The van der Waals surface area contributed by atoms with Crippen molar-refractivity contribution in [3.8, 4) is 17.5 Å². The lowest BCUT2D eigenvalue weighted by Crippen LogP contribution is -2.16. The molecule has 0 radical (unpaired) electrons. The van der Waals surface area contributed by atoms with Gasteiger partial charge in [-0.25, -0.2) is 0 Å². The first-order valence-electron chi connectivity index (χ1n) is 10.7. The van der Waals surface area contributed by atoms with E-state index >= 15 is 0 Å². The number of nitrogens with zero attached hydrogens (tertiary/aromatic N) is 3. The Hall–Kier alpha value is -3.47. The summed E-state index contributed by atoms with van der Waals surface area (Å²) >= 11 is 0. The van der Waals surface area contributed by atoms with Gasteiger partial charge in [0, 0.05) is 19.6 Å². The van der Waals surface area contributed by atoms with Crippen LogP contribution in [0, 0.1) is 0 Å². The Morgan fingerprint density at radius 1 is 0.788 bits per heavy atom. The summed E-state index contributed by atoms with van der Waals surface area (Å²) in [5.41, 5.74) is 6.41. The number of methoxy groups -OCH3 is 1. The molecule has 10 nitrogen and oxygen atoms in total. The van der Waals surface area contributed by atoms with E-state index in [4.69, 9.17) is 24.7 Å². The fourth-order valence-corrected chi connectivity index (χ4v) is 2.76. The summed E-state index contributed by atoms with van der Waals surface area (Å²) in [5, 5.41) is 6.36. The van der Waals surface area contributed by atoms with Crippen molar-refractivity contribution in [2.24, 2.45) is 5.73 Å². The van der Waals surface area contributed by atoms with Crippen molar-refractivity contribution in [2.45, 2.75) is 6.54 Å². The largest absolute Gasteiger partial charge is 0.497 e. The Morgan fingerprint density at radius 3 is 2.27 bits per heavy atom. The minimum Gasteiger partial charge on any atom is -0.497 e. The van der Waals surface area contributed by atoms with E-state index in [9.17, 15) is 0 Å². The van der Waals surface area contributed by atoms with E-state index in [0.717, 1.165) is 11.3 Å². The molecular formula is C23H30N6O4. The average Bonchev–Trinajstić information content (AvgIpc) is 2.85. The van der Waals surface area contributed by atoms with Crippen molar-refractivity contribution in [1.29, 1.82) is 0 Å². The maximum atomic E-state index is 5.81. The number of aromatic nitrogens is 3. The van der Waals surface area contributed by atoms with Crippen LogP contribution in [-0.2, 0) is 16.0 Å². The lowest BCUT2D eigenvalue weighted by Gasteiger charge is -2.11. The molecule has 0 atom stereocenters. The van der Waals surface area contributed by atoms with Crippen LogP contribution in [0.1, 0.15) is 5.56 Å². The summed E-state index contributed by atoms with van der Waals surface area (Å²) in [5.74, 6) is 2.19. The number of ether oxygens (including phenoxy) is 4. The lowest BCUT2D eigenvalue weighted by molar-refractivity contribution is 0.0547. The van der Waals surface area contributed by atoms with Crippen molar-refractivity contribution in [3.63, 3.8) is 0 Å². The molecule has 4 N–H and O–H groups in total. The third-order valence-corrected chi connectivity index (χ3v) is 4.32. The Morgan fingerprint density at radius 2 is 1.52 bits per heavy atom. The molecule has 0 amide bonds. The molecule has 0 fully saturated rings. The molecule has 2 aromatic carbocycles. The molecular weight excluding hydrogens is 424 g/mol. The second-order valence-corrected chi connectivity index (χ2v) is 6.83. The second-order valence-electron chi connectivity index (χ2n) is 6.83. The highest BCUT2D eigenvalue weighted by atomic mass is 16.5. The van der Waals surface area contributed by atoms with E-state index in [0.29, 0.717) is 63.7 Å². The number of rotatable bonds is 15. The number of nitrogens with one attached hydrogen (secondary N) is 2. The summed E-state index contributed by atoms with van der Waals surface area (Å²) in [6.45, 7) is 3.53. The SMILES string of the molecule is COc1cccc(CNc2nc(NCCOCCOCCN)nc(Oc3ccccc3)n2)c1. The first-order chi connectivity index (χ1) is 16.3. The lowest BCUT2D eigenvalue weighted by atomic mass is 10.2. The van der Waals surface area contributed by atoms with Gasteiger partial charge in [-0.1, -0.05) is 30.3 Å². The molecule has 0 saturated carbocycles. The van der Waals surface area contributed by atoms with E-state index in [1.54, 1.807) is 7.11 Å². The van der Waals surface area contributed by atoms with Crippen LogP contribution in [0.4, 0.5) is 11.9 Å². The van der Waals surface area contributed by atoms with E-state index in [1.165, 1.54) is 0 Å². The molecule has 0 spiro atoms. The van der Waals surface area contributed by atoms with Gasteiger partial charge in [0.1, 0.15) is 11.5 Å². The maximum absolute atomic E-state index is 5.81. The number of hydrogen-bond acceptors (Lipinski definition) is 10. The van der Waals surface area contributed by atoms with Gasteiger partial charge in [0.05, 0.1) is 33.5 Å². The Labute approximate surface area is 193 Å². The Kier molecular flexibility index (Phi) is 10.1. The van der Waals surface area contributed by atoms with Crippen LogP contribution in [0.3, 0.4) is 0 Å². The third kappa shape index (κ3) is 8.89. The highest BCUT2D eigenvalue weighted by molar-refractivity contribution is 5.38. The molecule has 0 aliphatic heterocycles. The average molecular weight is 455 g/mol. The molecule has 1 aromatic heterocycles. The normalized spacial score (nSPS) is 10.6. The summed E-state index contributed by atoms with van der Waals surface area (Å²) < 4.78 is 21.9. The zero-order valence-corrected chi connectivity index (χ0v) is 18.7. The maximum Gasteiger partial charge on any atom is 0.328 e. The van der Waals surface area contributed by atoms with Gasteiger partial charge in [0.15, 0.2) is 0 Å². The van der Waals surface area contributed by atoms with Crippen molar-refractivity contribution in [2.75, 3.05) is 57.3 Å². The van der Waals surface area contributed by atoms with Crippen LogP contribution >= 0.6 is 0 Å². The number of benzene rings is 2. The fourth-order valence-electron chi connectivity index (χ4n) is 2.76. The quantitative estimate of drug-likeness (QED) is 0.295. The van der Waals surface area contributed by atoms with Crippen molar-refractivity contribution in [3.05, 3.63) is 60.2 Å². The van der Waals surface area contributed by atoms with Crippen LogP contribution < -0.4 is 25.8 Å². The first kappa shape index (κ1) is 24.2. The highest BCUT2D eigenvalue weighted by Crippen LogP contribution is 2.20. The zero-order valence-electron chi connectivity index (χ0n) is 18.7. The topological polar surface area (TPSA) is 126 Å². The van der Waals surface area contributed by atoms with Crippen molar-refractivity contribution >= 4 is 11.9 Å². The smallest absolute Gasteiger partial charge is 0.328 e. The standard InChI is InChI=1S/C23H30N6O4/c1-30-20-9-5-6-18(16-20)17-26-22-27-21(25-11-13-32-15-14-31-12-10-24)28-23(29-22)33-19-7-3-2-4-8-19/h2-9,16H,10-15,17,24H2,1H3,(H2,25,26,27,28,29). The summed E-state index contributed by atoms with van der Waals surface area (Å²) in [6, 6.07) is 17.3. The van der Waals surface area contributed by atoms with Gasteiger partial charge < -0.3 is 35.3 Å². The van der Waals surface area contributed by atoms with Crippen LogP contribution in [0.2, 0.25) is 0 Å². The van der Waals surface area contributed by atoms with Crippen LogP contribution in [-0.4, -0.2) is 61.6 Å². The minimum atomic E-state index is 0.183. The molecule has 0 unspecified atom stereocenters. The summed E-state index contributed by atoms with van der Waals surface area (Å²) in [7, 11) is 1.64. The fraction of sp³-hybridized carbons (Fsp3) is 0.348. The molecule has 0 bridgehead atoms. The predicted octanol–water partition coefficient (Wildman–Crippen LogP) is 2.69. The molecule has 176 valence electrons. The van der Waals surface area contributed by atoms with Gasteiger partial charge in [-0.3, -0.25) is 0 Å². The number of nitrogens with two attached hydrogens (primary N) is 1. The van der Waals surface area contributed by atoms with Gasteiger partial charge in [0.2, 0.25) is 11.9 Å². The van der Waals surface area contributed by atoms with Gasteiger partial charge in [-0.15, -0.1) is 0 Å². The number of para-hydroxylation sites is 1. The van der Waals surface area contributed by atoms with E-state index in [-0.39, 0.29) is 6.01 Å². The van der Waals surface area contributed by atoms with Crippen LogP contribution in [0.25, 0.3) is 0 Å². The monoisotopic (exact) mass is 454 g/mol. The predicted molar refractivity (Wildman–Crippen MR) is 126 cm³/mol. The van der Waals surface area contributed by atoms with Crippen molar-refractivity contribution in [1.82, 2.24) is 15.0 Å². The molecule has 1 heterocycles. The number of hydrogen-bond donors (Lipinski definition) is 3. The van der Waals surface area contributed by atoms with E-state index in [2.05, 4.69) is 25.6 Å². The minimum absolute atomic E-state index is 0.183. The molecule has 3 rings (SSSR count). The van der Waals surface area contributed by atoms with Crippen LogP contribution in [0.5, 0.6) is 17.5 Å². The zero-order chi connectivity index (χ0) is 23.1. The highest BCUT2D eigenvalue weighted by Gasteiger charge is 2.09. The second kappa shape index (κ2) is 13.8. The van der Waals surface area contributed by atoms with Gasteiger partial charge >= 0.3 is 6.01 Å². The molecule has 0 aliphatic rings. The Balaban J connectivity index is 1.60. The third-order valence-electron chi connectivity index (χ3n) is 4.32. The molecule has 3 aromatic rings. The van der Waals surface area contributed by atoms with Gasteiger partial charge in [-0.05, 0) is 29.8 Å².